The summed E-state index contributed by atoms with van der Waals surface area (Å²) in [7, 11) is -4.08. The Kier molecular flexibility index (Phi) is 11.2. The van der Waals surface area contributed by atoms with E-state index in [1.54, 1.807) is 66.7 Å². The number of nitrogens with zero attached hydrogens (tertiary/aromatic N) is 2. The van der Waals surface area contributed by atoms with Crippen LogP contribution in [0.3, 0.4) is 0 Å². The van der Waals surface area contributed by atoms with Crippen molar-refractivity contribution in [1.29, 1.82) is 0 Å². The van der Waals surface area contributed by atoms with Gasteiger partial charge in [-0.25, -0.2) is 8.42 Å². The largest absolute Gasteiger partial charge is 0.352 e. The number of rotatable bonds is 12. The number of amides is 2. The fourth-order valence-corrected chi connectivity index (χ4v) is 5.92. The number of benzene rings is 3. The molecule has 0 aliphatic carbocycles. The first-order valence-corrected chi connectivity index (χ1v) is 15.6. The van der Waals surface area contributed by atoms with E-state index in [1.165, 1.54) is 17.0 Å². The lowest BCUT2D eigenvalue weighted by molar-refractivity contribution is -0.140. The molecule has 3 rings (SSSR count). The molecule has 0 saturated heterocycles. The van der Waals surface area contributed by atoms with Gasteiger partial charge in [-0.15, -0.1) is 0 Å². The lowest BCUT2D eigenvalue weighted by Gasteiger charge is -2.33. The Hall–Kier alpha value is -2.63. The standard InChI is InChI=1S/C29H33ClIN3O4S/c1-4-21(3)32-29(36)27(5-2)33(19-22-11-13-23(30)14-12-22)28(35)20-34(25-17-15-24(31)16-18-25)39(37,38)26-9-7-6-8-10-26/h6-18,21,27H,4-5,19-20H2,1-3H3,(H,32,36)/t21-,27+/m1/s1. The molecule has 0 saturated carbocycles. The molecule has 0 aliphatic heterocycles. The Morgan fingerprint density at radius 2 is 1.54 bits per heavy atom. The summed E-state index contributed by atoms with van der Waals surface area (Å²) in [6.07, 6.45) is 1.10. The third-order valence-corrected chi connectivity index (χ3v) is 9.14. The Bertz CT molecular complexity index is 1350. The predicted octanol–water partition coefficient (Wildman–Crippen LogP) is 5.86. The Labute approximate surface area is 249 Å². The second-order valence-corrected chi connectivity index (χ2v) is 12.7. The number of sulfonamides is 1. The van der Waals surface area contributed by atoms with Crippen LogP contribution in [0.2, 0.25) is 5.02 Å². The van der Waals surface area contributed by atoms with Crippen molar-refractivity contribution < 1.29 is 18.0 Å². The van der Waals surface area contributed by atoms with E-state index in [9.17, 15) is 18.0 Å². The number of carbonyl (C=O) groups excluding carboxylic acids is 2. The fraction of sp³-hybridized carbons (Fsp3) is 0.310. The second kappa shape index (κ2) is 14.1. The van der Waals surface area contributed by atoms with Gasteiger partial charge in [0.2, 0.25) is 11.8 Å². The smallest absolute Gasteiger partial charge is 0.264 e. The van der Waals surface area contributed by atoms with E-state index >= 15 is 0 Å². The maximum atomic E-state index is 14.0. The summed E-state index contributed by atoms with van der Waals surface area (Å²) >= 11 is 8.20. The Morgan fingerprint density at radius 3 is 2.10 bits per heavy atom. The highest BCUT2D eigenvalue weighted by Gasteiger charge is 2.33. The zero-order chi connectivity index (χ0) is 28.6. The highest BCUT2D eigenvalue weighted by molar-refractivity contribution is 14.1. The van der Waals surface area contributed by atoms with Crippen molar-refractivity contribution in [3.63, 3.8) is 0 Å². The van der Waals surface area contributed by atoms with Crippen molar-refractivity contribution >= 4 is 61.7 Å². The molecule has 3 aromatic rings. The average Bonchev–Trinajstić information content (AvgIpc) is 2.93. The monoisotopic (exact) mass is 681 g/mol. The van der Waals surface area contributed by atoms with E-state index < -0.39 is 28.5 Å². The lowest BCUT2D eigenvalue weighted by Crippen LogP contribution is -2.53. The molecular weight excluding hydrogens is 649 g/mol. The van der Waals surface area contributed by atoms with Gasteiger partial charge in [0.1, 0.15) is 12.6 Å². The normalized spacial score (nSPS) is 12.8. The Morgan fingerprint density at radius 1 is 0.923 bits per heavy atom. The van der Waals surface area contributed by atoms with E-state index in [-0.39, 0.29) is 23.4 Å². The minimum absolute atomic E-state index is 0.0687. The molecule has 0 radical (unpaired) electrons. The first kappa shape index (κ1) is 30.9. The van der Waals surface area contributed by atoms with E-state index in [1.807, 2.05) is 20.8 Å². The minimum atomic E-state index is -4.08. The molecule has 0 bridgehead atoms. The number of nitrogens with one attached hydrogen (secondary N) is 1. The van der Waals surface area contributed by atoms with Gasteiger partial charge in [-0.1, -0.05) is 55.8 Å². The molecule has 39 heavy (non-hydrogen) atoms. The van der Waals surface area contributed by atoms with Crippen molar-refractivity contribution in [2.24, 2.45) is 0 Å². The van der Waals surface area contributed by atoms with Gasteiger partial charge in [0.05, 0.1) is 10.6 Å². The quantitative estimate of drug-likeness (QED) is 0.243. The van der Waals surface area contributed by atoms with Gasteiger partial charge in [-0.3, -0.25) is 13.9 Å². The van der Waals surface area contributed by atoms with Crippen LogP contribution in [0.5, 0.6) is 0 Å². The average molecular weight is 682 g/mol. The number of anilines is 1. The van der Waals surface area contributed by atoms with Gasteiger partial charge in [-0.05, 0) is 96.5 Å². The molecule has 10 heteroatoms. The van der Waals surface area contributed by atoms with Gasteiger partial charge in [0.25, 0.3) is 10.0 Å². The number of halogens is 2. The van der Waals surface area contributed by atoms with Crippen molar-refractivity contribution in [2.75, 3.05) is 10.8 Å². The molecule has 208 valence electrons. The summed E-state index contributed by atoms with van der Waals surface area (Å²) in [6, 6.07) is 21.1. The summed E-state index contributed by atoms with van der Waals surface area (Å²) in [5.41, 5.74) is 1.13. The minimum Gasteiger partial charge on any atom is -0.352 e. The van der Waals surface area contributed by atoms with Gasteiger partial charge in [-0.2, -0.15) is 0 Å². The lowest BCUT2D eigenvalue weighted by atomic mass is 10.1. The van der Waals surface area contributed by atoms with Crippen LogP contribution in [0.4, 0.5) is 5.69 Å². The van der Waals surface area contributed by atoms with Crippen molar-refractivity contribution in [1.82, 2.24) is 10.2 Å². The summed E-state index contributed by atoms with van der Waals surface area (Å²) in [4.78, 5) is 28.8. The van der Waals surface area contributed by atoms with Crippen LogP contribution in [0.15, 0.2) is 83.8 Å². The third-order valence-electron chi connectivity index (χ3n) is 6.38. The van der Waals surface area contributed by atoms with Crippen LogP contribution in [0, 0.1) is 3.57 Å². The van der Waals surface area contributed by atoms with E-state index in [0.29, 0.717) is 17.1 Å². The molecule has 2 atom stereocenters. The third kappa shape index (κ3) is 8.18. The zero-order valence-electron chi connectivity index (χ0n) is 22.2. The van der Waals surface area contributed by atoms with Crippen molar-refractivity contribution in [2.45, 2.75) is 57.1 Å². The van der Waals surface area contributed by atoms with Crippen molar-refractivity contribution in [3.05, 3.63) is 93.0 Å². The molecule has 0 fully saturated rings. The zero-order valence-corrected chi connectivity index (χ0v) is 25.9. The van der Waals surface area contributed by atoms with Crippen LogP contribution in [-0.2, 0) is 26.2 Å². The fourth-order valence-electron chi connectivity index (χ4n) is 4.00. The SMILES string of the molecule is CC[C@@H](C)NC(=O)[C@H](CC)N(Cc1ccc(Cl)cc1)C(=O)CN(c1ccc(I)cc1)S(=O)(=O)c1ccccc1. The molecule has 0 aromatic heterocycles. The molecule has 0 unspecified atom stereocenters. The van der Waals surface area contributed by atoms with E-state index in [2.05, 4.69) is 27.9 Å². The van der Waals surface area contributed by atoms with Gasteiger partial charge >= 0.3 is 0 Å². The molecule has 2 amide bonds. The highest BCUT2D eigenvalue weighted by atomic mass is 127. The van der Waals surface area contributed by atoms with Crippen LogP contribution >= 0.6 is 34.2 Å². The summed E-state index contributed by atoms with van der Waals surface area (Å²) in [5, 5.41) is 3.52. The van der Waals surface area contributed by atoms with Gasteiger partial charge < -0.3 is 10.2 Å². The molecule has 0 aliphatic rings. The second-order valence-electron chi connectivity index (χ2n) is 9.19. The summed E-state index contributed by atoms with van der Waals surface area (Å²) < 4.78 is 29.6. The highest BCUT2D eigenvalue weighted by Crippen LogP contribution is 2.25. The molecular formula is C29H33ClIN3O4S. The van der Waals surface area contributed by atoms with Crippen LogP contribution in [-0.4, -0.2) is 43.8 Å². The molecule has 0 heterocycles. The Balaban J connectivity index is 2.03. The van der Waals surface area contributed by atoms with Crippen LogP contribution < -0.4 is 9.62 Å². The van der Waals surface area contributed by atoms with E-state index in [4.69, 9.17) is 11.6 Å². The summed E-state index contributed by atoms with van der Waals surface area (Å²) in [6.45, 7) is 5.35. The maximum Gasteiger partial charge on any atom is 0.264 e. The molecule has 0 spiro atoms. The van der Waals surface area contributed by atoms with Gasteiger partial charge in [0, 0.05) is 21.2 Å². The number of carbonyl (C=O) groups is 2. The maximum absolute atomic E-state index is 14.0. The molecule has 3 aromatic carbocycles. The topological polar surface area (TPSA) is 86.8 Å². The van der Waals surface area contributed by atoms with E-state index in [0.717, 1.165) is 19.9 Å². The summed E-state index contributed by atoms with van der Waals surface area (Å²) in [5.74, 6) is -0.768. The molecule has 1 N–H and O–H groups in total. The number of hydrogen-bond acceptors (Lipinski definition) is 4. The van der Waals surface area contributed by atoms with Gasteiger partial charge in [0.15, 0.2) is 0 Å². The predicted molar refractivity (Wildman–Crippen MR) is 164 cm³/mol. The van der Waals surface area contributed by atoms with Crippen molar-refractivity contribution in [3.8, 4) is 0 Å². The number of hydrogen-bond donors (Lipinski definition) is 1. The van der Waals surface area contributed by atoms with Crippen LogP contribution in [0.1, 0.15) is 39.2 Å². The molecule has 7 nitrogen and oxygen atoms in total. The first-order valence-electron chi connectivity index (χ1n) is 12.7. The first-order chi connectivity index (χ1) is 18.6. The van der Waals surface area contributed by atoms with Crippen LogP contribution in [0.25, 0.3) is 0 Å².